The summed E-state index contributed by atoms with van der Waals surface area (Å²) in [7, 11) is 0. The van der Waals surface area contributed by atoms with Crippen LogP contribution in [0, 0.1) is 0 Å². The first-order chi connectivity index (χ1) is 20.0. The number of piperazine rings is 1. The van der Waals surface area contributed by atoms with Crippen LogP contribution in [-0.2, 0) is 9.59 Å². The number of carbonyl (C=O) groups excluding carboxylic acids is 3. The van der Waals surface area contributed by atoms with Gasteiger partial charge in [-0.25, -0.2) is 4.99 Å². The highest BCUT2D eigenvalue weighted by Gasteiger charge is 2.33. The highest BCUT2D eigenvalue weighted by atomic mass is 32.2. The largest absolute Gasteiger partial charge is 0.454 e. The molecular formula is C31H28N4O5S. The molecule has 10 heteroatoms. The lowest BCUT2D eigenvalue weighted by Crippen LogP contribution is -2.49. The highest BCUT2D eigenvalue weighted by molar-refractivity contribution is 8.14. The van der Waals surface area contributed by atoms with E-state index in [1.807, 2.05) is 77.7 Å². The lowest BCUT2D eigenvalue weighted by atomic mass is 10.1. The standard InChI is InChI=1S/C31H28N4O5S/c1-21(36)23-8-10-24(11-9-23)33-13-15-34(16-14-33)29(37)19-41-31-32-26(30(38)35(31)25-5-3-2-4-6-25)17-22-7-12-27-28(18-22)40-20-39-27/h2-12,17-18H,13-16,19-20H2,1H3. The zero-order chi connectivity index (χ0) is 28.3. The van der Waals surface area contributed by atoms with Crippen LogP contribution >= 0.6 is 11.8 Å². The van der Waals surface area contributed by atoms with Gasteiger partial charge in [0.25, 0.3) is 5.91 Å². The van der Waals surface area contributed by atoms with E-state index in [0.29, 0.717) is 54.1 Å². The molecule has 6 rings (SSSR count). The Morgan fingerprint density at radius 2 is 1.63 bits per heavy atom. The average molecular weight is 569 g/mol. The Morgan fingerprint density at radius 1 is 0.902 bits per heavy atom. The molecule has 0 atom stereocenters. The maximum atomic E-state index is 13.5. The first kappa shape index (κ1) is 26.6. The van der Waals surface area contributed by atoms with Gasteiger partial charge in [0.15, 0.2) is 22.4 Å². The molecule has 1 saturated heterocycles. The number of Topliss-reactive ketones (excluding diaryl/α,β-unsaturated/α-hetero) is 1. The van der Waals surface area contributed by atoms with Crippen LogP contribution in [0.25, 0.3) is 6.08 Å². The number of hydrogen-bond acceptors (Lipinski definition) is 8. The Balaban J connectivity index is 1.13. The van der Waals surface area contributed by atoms with Crippen LogP contribution < -0.4 is 19.3 Å². The molecule has 3 aliphatic heterocycles. The molecule has 41 heavy (non-hydrogen) atoms. The fourth-order valence-electron chi connectivity index (χ4n) is 4.90. The van der Waals surface area contributed by atoms with Gasteiger partial charge in [-0.15, -0.1) is 0 Å². The van der Waals surface area contributed by atoms with Crippen molar-refractivity contribution in [2.45, 2.75) is 6.92 Å². The number of hydrogen-bond donors (Lipinski definition) is 0. The molecular weight excluding hydrogens is 540 g/mol. The zero-order valence-corrected chi connectivity index (χ0v) is 23.3. The summed E-state index contributed by atoms with van der Waals surface area (Å²) < 4.78 is 10.8. The Kier molecular flexibility index (Phi) is 7.47. The van der Waals surface area contributed by atoms with E-state index in [9.17, 15) is 14.4 Å². The van der Waals surface area contributed by atoms with Gasteiger partial charge in [0.1, 0.15) is 5.70 Å². The third kappa shape index (κ3) is 5.69. The highest BCUT2D eigenvalue weighted by Crippen LogP contribution is 2.34. The number of rotatable bonds is 6. The second kappa shape index (κ2) is 11.5. The summed E-state index contributed by atoms with van der Waals surface area (Å²) in [6.07, 6.45) is 1.72. The maximum Gasteiger partial charge on any atom is 0.283 e. The third-order valence-corrected chi connectivity index (χ3v) is 8.06. The topological polar surface area (TPSA) is 91.8 Å². The molecule has 0 aliphatic carbocycles. The summed E-state index contributed by atoms with van der Waals surface area (Å²) in [5, 5.41) is 0.464. The van der Waals surface area contributed by atoms with Gasteiger partial charge < -0.3 is 19.3 Å². The minimum Gasteiger partial charge on any atom is -0.454 e. The number of ketones is 1. The summed E-state index contributed by atoms with van der Waals surface area (Å²) >= 11 is 1.26. The van der Waals surface area contributed by atoms with Gasteiger partial charge in [-0.2, -0.15) is 0 Å². The van der Waals surface area contributed by atoms with Gasteiger partial charge in [0, 0.05) is 37.4 Å². The average Bonchev–Trinajstić information content (AvgIpc) is 3.60. The van der Waals surface area contributed by atoms with Crippen molar-refractivity contribution in [1.29, 1.82) is 0 Å². The van der Waals surface area contributed by atoms with Gasteiger partial charge in [-0.3, -0.25) is 19.3 Å². The fraction of sp³-hybridized carbons (Fsp3) is 0.226. The van der Waals surface area contributed by atoms with Crippen molar-refractivity contribution >= 4 is 52.0 Å². The molecule has 3 aromatic carbocycles. The van der Waals surface area contributed by atoms with E-state index >= 15 is 0 Å². The van der Waals surface area contributed by atoms with E-state index in [1.54, 1.807) is 17.9 Å². The molecule has 1 fully saturated rings. The SMILES string of the molecule is CC(=O)c1ccc(N2CCN(C(=O)CSC3=NC(=Cc4ccc5c(c4)OCO5)C(=O)N3c3ccccc3)CC2)cc1. The Bertz CT molecular complexity index is 1550. The molecule has 0 N–H and O–H groups in total. The molecule has 0 saturated carbocycles. The number of aliphatic imine (C=N–C) groups is 1. The minimum atomic E-state index is -0.256. The van der Waals surface area contributed by atoms with Crippen LogP contribution in [0.1, 0.15) is 22.8 Å². The van der Waals surface area contributed by atoms with Crippen molar-refractivity contribution in [3.63, 3.8) is 0 Å². The molecule has 0 radical (unpaired) electrons. The summed E-state index contributed by atoms with van der Waals surface area (Å²) in [6.45, 7) is 4.32. The molecule has 0 spiro atoms. The number of nitrogens with zero attached hydrogens (tertiary/aromatic N) is 4. The number of fused-ring (bicyclic) bond motifs is 1. The van der Waals surface area contributed by atoms with Gasteiger partial charge in [0.2, 0.25) is 12.7 Å². The number of carbonyl (C=O) groups is 3. The van der Waals surface area contributed by atoms with Crippen LogP contribution in [0.3, 0.4) is 0 Å². The summed E-state index contributed by atoms with van der Waals surface area (Å²) in [5.41, 5.74) is 3.47. The predicted molar refractivity (Wildman–Crippen MR) is 160 cm³/mol. The monoisotopic (exact) mass is 568 g/mol. The van der Waals surface area contributed by atoms with Crippen LogP contribution in [0.15, 0.2) is 83.5 Å². The molecule has 3 heterocycles. The number of anilines is 2. The summed E-state index contributed by atoms with van der Waals surface area (Å²) in [6, 6.07) is 22.4. The van der Waals surface area contributed by atoms with Crippen molar-refractivity contribution in [3.05, 3.63) is 89.6 Å². The van der Waals surface area contributed by atoms with Gasteiger partial charge in [0.05, 0.1) is 11.4 Å². The molecule has 0 bridgehead atoms. The molecule has 9 nitrogen and oxygen atoms in total. The molecule has 2 amide bonds. The van der Waals surface area contributed by atoms with E-state index in [1.165, 1.54) is 11.8 Å². The number of amidine groups is 1. The Labute approximate surface area is 242 Å². The van der Waals surface area contributed by atoms with Crippen LogP contribution in [0.5, 0.6) is 11.5 Å². The van der Waals surface area contributed by atoms with Crippen molar-refractivity contribution in [1.82, 2.24) is 4.90 Å². The minimum absolute atomic E-state index is 0.00191. The molecule has 3 aliphatic rings. The molecule has 208 valence electrons. The first-order valence-corrected chi connectivity index (χ1v) is 14.3. The van der Waals surface area contributed by atoms with E-state index in [2.05, 4.69) is 9.89 Å². The summed E-state index contributed by atoms with van der Waals surface area (Å²) in [5.74, 6) is 1.24. The lowest BCUT2D eigenvalue weighted by Gasteiger charge is -2.36. The third-order valence-electron chi connectivity index (χ3n) is 7.14. The van der Waals surface area contributed by atoms with Crippen molar-refractivity contribution in [2.75, 3.05) is 48.5 Å². The molecule has 0 aromatic heterocycles. The van der Waals surface area contributed by atoms with Crippen LogP contribution in [-0.4, -0.2) is 66.4 Å². The zero-order valence-electron chi connectivity index (χ0n) is 22.5. The van der Waals surface area contributed by atoms with E-state index < -0.39 is 0 Å². The normalized spacial score (nSPS) is 17.3. The number of para-hydroxylation sites is 1. The second-order valence-corrected chi connectivity index (χ2v) is 10.7. The Morgan fingerprint density at radius 3 is 2.37 bits per heavy atom. The summed E-state index contributed by atoms with van der Waals surface area (Å²) in [4.78, 5) is 48.5. The first-order valence-electron chi connectivity index (χ1n) is 13.3. The smallest absolute Gasteiger partial charge is 0.283 e. The number of ether oxygens (including phenoxy) is 2. The van der Waals surface area contributed by atoms with Gasteiger partial charge >= 0.3 is 0 Å². The van der Waals surface area contributed by atoms with Gasteiger partial charge in [-0.1, -0.05) is 36.0 Å². The lowest BCUT2D eigenvalue weighted by molar-refractivity contribution is -0.128. The number of amides is 2. The molecule has 0 unspecified atom stereocenters. The quantitative estimate of drug-likeness (QED) is 0.321. The van der Waals surface area contributed by atoms with Crippen LogP contribution in [0.2, 0.25) is 0 Å². The second-order valence-electron chi connectivity index (χ2n) is 9.77. The van der Waals surface area contributed by atoms with Crippen molar-refractivity contribution in [2.24, 2.45) is 4.99 Å². The Hall–Kier alpha value is -4.57. The number of benzene rings is 3. The number of thioether (sulfide) groups is 1. The van der Waals surface area contributed by atoms with E-state index in [0.717, 1.165) is 11.3 Å². The van der Waals surface area contributed by atoms with Gasteiger partial charge in [-0.05, 0) is 67.1 Å². The molecule has 3 aromatic rings. The van der Waals surface area contributed by atoms with Crippen molar-refractivity contribution < 1.29 is 23.9 Å². The maximum absolute atomic E-state index is 13.5. The van der Waals surface area contributed by atoms with Crippen LogP contribution in [0.4, 0.5) is 11.4 Å². The van der Waals surface area contributed by atoms with Crippen molar-refractivity contribution in [3.8, 4) is 11.5 Å². The fourth-order valence-corrected chi connectivity index (χ4v) is 5.81. The van der Waals surface area contributed by atoms with E-state index in [-0.39, 0.29) is 35.8 Å². The van der Waals surface area contributed by atoms with E-state index in [4.69, 9.17) is 9.47 Å². The predicted octanol–water partition coefficient (Wildman–Crippen LogP) is 4.44.